The molecular weight excluding hydrogens is 320 g/mol. The Labute approximate surface area is 147 Å². The molecule has 0 unspecified atom stereocenters. The summed E-state index contributed by atoms with van der Waals surface area (Å²) < 4.78 is 11.4. The van der Waals surface area contributed by atoms with Crippen LogP contribution in [-0.4, -0.2) is 34.5 Å². The summed E-state index contributed by atoms with van der Waals surface area (Å²) in [6, 6.07) is 8.04. The van der Waals surface area contributed by atoms with Crippen molar-refractivity contribution in [1.29, 1.82) is 0 Å². The van der Waals surface area contributed by atoms with Crippen molar-refractivity contribution in [1.82, 2.24) is 10.2 Å². The number of nitrogens with zero attached hydrogens (tertiary/aromatic N) is 1. The lowest BCUT2D eigenvalue weighted by atomic mass is 9.85. The van der Waals surface area contributed by atoms with Crippen LogP contribution in [0.5, 0.6) is 0 Å². The zero-order valence-electron chi connectivity index (χ0n) is 14.7. The molecule has 0 aliphatic heterocycles. The summed E-state index contributed by atoms with van der Waals surface area (Å²) >= 11 is 0. The van der Waals surface area contributed by atoms with E-state index in [0.29, 0.717) is 18.5 Å². The van der Waals surface area contributed by atoms with Crippen LogP contribution in [0.4, 0.5) is 4.79 Å². The molecule has 2 aliphatic rings. The van der Waals surface area contributed by atoms with Gasteiger partial charge in [0.25, 0.3) is 0 Å². The van der Waals surface area contributed by atoms with Crippen molar-refractivity contribution in [2.75, 3.05) is 13.3 Å². The number of carbonyl (C=O) groups is 1. The molecule has 1 aromatic rings. The monoisotopic (exact) mass is 348 g/mol. The molecule has 1 N–H and O–H groups in total. The Balaban J connectivity index is 1.46. The third-order valence-corrected chi connectivity index (χ3v) is 6.36. The van der Waals surface area contributed by atoms with Crippen LogP contribution < -0.4 is 5.32 Å². The molecule has 4 nitrogen and oxygen atoms in total. The highest BCUT2D eigenvalue weighted by molar-refractivity contribution is 7.84. The number of amides is 2. The molecule has 2 fully saturated rings. The Hall–Kier alpha value is -1.36. The van der Waals surface area contributed by atoms with Gasteiger partial charge in [-0.15, -0.1) is 0 Å². The van der Waals surface area contributed by atoms with Gasteiger partial charge in [-0.25, -0.2) is 4.79 Å². The van der Waals surface area contributed by atoms with E-state index in [9.17, 15) is 9.00 Å². The number of carbonyl (C=O) groups excluding carboxylic acids is 1. The van der Waals surface area contributed by atoms with Crippen molar-refractivity contribution in [2.24, 2.45) is 11.8 Å². The van der Waals surface area contributed by atoms with Crippen molar-refractivity contribution >= 4 is 16.8 Å². The van der Waals surface area contributed by atoms with Gasteiger partial charge in [0.15, 0.2) is 0 Å². The molecule has 0 spiro atoms. The molecule has 2 amide bonds. The van der Waals surface area contributed by atoms with Crippen molar-refractivity contribution in [3.63, 3.8) is 0 Å². The summed E-state index contributed by atoms with van der Waals surface area (Å²) in [6.45, 7) is 0.573. The topological polar surface area (TPSA) is 49.4 Å². The summed E-state index contributed by atoms with van der Waals surface area (Å²) in [6.07, 6.45) is 9.62. The molecule has 3 rings (SSSR count). The summed E-state index contributed by atoms with van der Waals surface area (Å²) in [5, 5.41) is 3.19. The Bertz CT molecular complexity index is 596. The fourth-order valence-electron chi connectivity index (χ4n) is 3.86. The largest absolute Gasteiger partial charge is 0.335 e. The van der Waals surface area contributed by atoms with Crippen LogP contribution in [0.2, 0.25) is 0 Å². The van der Waals surface area contributed by atoms with Crippen LogP contribution in [-0.2, 0) is 17.3 Å². The van der Waals surface area contributed by atoms with E-state index in [2.05, 4.69) is 5.32 Å². The first-order valence-corrected chi connectivity index (χ1v) is 10.5. The first-order valence-electron chi connectivity index (χ1n) is 8.98. The number of rotatable bonds is 5. The molecule has 1 aromatic carbocycles. The zero-order chi connectivity index (χ0) is 17.1. The molecule has 2 aliphatic carbocycles. The molecule has 3 atom stereocenters. The van der Waals surface area contributed by atoms with Crippen LogP contribution in [0.3, 0.4) is 0 Å². The highest BCUT2D eigenvalue weighted by atomic mass is 32.2. The minimum Gasteiger partial charge on any atom is -0.335 e. The van der Waals surface area contributed by atoms with Gasteiger partial charge < -0.3 is 10.2 Å². The molecule has 2 saturated carbocycles. The number of urea groups is 1. The van der Waals surface area contributed by atoms with E-state index in [1.807, 2.05) is 31.3 Å². The summed E-state index contributed by atoms with van der Waals surface area (Å²) in [4.78, 5) is 14.9. The summed E-state index contributed by atoms with van der Waals surface area (Å²) in [5.41, 5.74) is 1.06. The second-order valence-electron chi connectivity index (χ2n) is 7.31. The van der Waals surface area contributed by atoms with Crippen LogP contribution >= 0.6 is 0 Å². The van der Waals surface area contributed by atoms with Gasteiger partial charge in [0, 0.05) is 41.6 Å². The van der Waals surface area contributed by atoms with Gasteiger partial charge in [0.2, 0.25) is 0 Å². The van der Waals surface area contributed by atoms with Gasteiger partial charge in [-0.3, -0.25) is 4.21 Å². The second kappa shape index (κ2) is 7.68. The predicted molar refractivity (Wildman–Crippen MR) is 97.2 cm³/mol. The standard InChI is InChI=1S/C19H28N2O2S/c1-21(13-14-8-10-16(11-9-14)24(2)23)19(22)20-18-12-17(18)15-6-4-3-5-7-15/h8-11,15,17-18H,3-7,12-13H2,1-2H3,(H,20,22)/t17-,18+,24+/m1/s1. The van der Waals surface area contributed by atoms with Crippen molar-refractivity contribution in [3.8, 4) is 0 Å². The van der Waals surface area contributed by atoms with Crippen molar-refractivity contribution in [3.05, 3.63) is 29.8 Å². The van der Waals surface area contributed by atoms with E-state index < -0.39 is 10.8 Å². The van der Waals surface area contributed by atoms with Gasteiger partial charge >= 0.3 is 6.03 Å². The predicted octanol–water partition coefficient (Wildman–Crippen LogP) is 3.53. The Morgan fingerprint density at radius 2 is 1.88 bits per heavy atom. The maximum Gasteiger partial charge on any atom is 0.317 e. The maximum absolute atomic E-state index is 12.4. The average molecular weight is 349 g/mol. The van der Waals surface area contributed by atoms with E-state index in [1.165, 1.54) is 32.1 Å². The molecule has 5 heteroatoms. The average Bonchev–Trinajstić information content (AvgIpc) is 3.35. The molecule has 24 heavy (non-hydrogen) atoms. The fraction of sp³-hybridized carbons (Fsp3) is 0.632. The molecule has 0 aromatic heterocycles. The summed E-state index contributed by atoms with van der Waals surface area (Å²) in [7, 11) is 0.875. The highest BCUT2D eigenvalue weighted by Gasteiger charge is 2.44. The first kappa shape index (κ1) is 17.5. The Kier molecular flexibility index (Phi) is 5.59. The highest BCUT2D eigenvalue weighted by Crippen LogP contribution is 2.44. The minimum atomic E-state index is -0.958. The molecule has 132 valence electrons. The van der Waals surface area contributed by atoms with E-state index in [1.54, 1.807) is 11.2 Å². The minimum absolute atomic E-state index is 0.0152. The van der Waals surface area contributed by atoms with Crippen LogP contribution in [0.25, 0.3) is 0 Å². The normalized spacial score (nSPS) is 25.1. The van der Waals surface area contributed by atoms with Crippen LogP contribution in [0.1, 0.15) is 44.1 Å². The number of hydrogen-bond donors (Lipinski definition) is 1. The SMILES string of the molecule is CN(Cc1ccc([S@](C)=O)cc1)C(=O)N[C@H]1C[C@@H]1C1CCCCC1. The van der Waals surface area contributed by atoms with E-state index in [-0.39, 0.29) is 6.03 Å². The lowest BCUT2D eigenvalue weighted by Gasteiger charge is -2.22. The smallest absolute Gasteiger partial charge is 0.317 e. The van der Waals surface area contributed by atoms with Crippen LogP contribution in [0.15, 0.2) is 29.2 Å². The van der Waals surface area contributed by atoms with E-state index in [4.69, 9.17) is 0 Å². The van der Waals surface area contributed by atoms with Crippen molar-refractivity contribution < 1.29 is 9.00 Å². The maximum atomic E-state index is 12.4. The van der Waals surface area contributed by atoms with E-state index >= 15 is 0 Å². The van der Waals surface area contributed by atoms with Gasteiger partial charge in [0.05, 0.1) is 0 Å². The van der Waals surface area contributed by atoms with Gasteiger partial charge in [0.1, 0.15) is 0 Å². The second-order valence-corrected chi connectivity index (χ2v) is 8.69. The third kappa shape index (κ3) is 4.38. The van der Waals surface area contributed by atoms with Gasteiger partial charge in [-0.05, 0) is 36.0 Å². The molecule has 0 saturated heterocycles. The third-order valence-electron chi connectivity index (χ3n) is 5.43. The lowest BCUT2D eigenvalue weighted by molar-refractivity contribution is 0.204. The molecular formula is C19H28N2O2S. The Morgan fingerprint density at radius 3 is 2.50 bits per heavy atom. The van der Waals surface area contributed by atoms with Gasteiger partial charge in [-0.1, -0.05) is 44.2 Å². The quantitative estimate of drug-likeness (QED) is 0.885. The molecule has 0 radical (unpaired) electrons. The lowest BCUT2D eigenvalue weighted by Crippen LogP contribution is -2.39. The van der Waals surface area contributed by atoms with Gasteiger partial charge in [-0.2, -0.15) is 0 Å². The molecule has 0 bridgehead atoms. The Morgan fingerprint density at radius 1 is 1.21 bits per heavy atom. The fourth-order valence-corrected chi connectivity index (χ4v) is 4.38. The number of hydrogen-bond acceptors (Lipinski definition) is 2. The first-order chi connectivity index (χ1) is 11.5. The number of nitrogens with one attached hydrogen (secondary N) is 1. The van der Waals surface area contributed by atoms with Crippen molar-refractivity contribution in [2.45, 2.75) is 56.0 Å². The summed E-state index contributed by atoms with van der Waals surface area (Å²) in [5.74, 6) is 1.54. The van der Waals surface area contributed by atoms with Crippen LogP contribution in [0, 0.1) is 11.8 Å². The van der Waals surface area contributed by atoms with E-state index in [0.717, 1.165) is 22.8 Å². The zero-order valence-corrected chi connectivity index (χ0v) is 15.5. The number of benzene rings is 1. The molecule has 0 heterocycles.